The van der Waals surface area contributed by atoms with Gasteiger partial charge in [0.2, 0.25) is 0 Å². The van der Waals surface area contributed by atoms with E-state index >= 15 is 0 Å². The summed E-state index contributed by atoms with van der Waals surface area (Å²) in [7, 11) is 0. The first-order chi connectivity index (χ1) is 10.1. The smallest absolute Gasteiger partial charge is 0.270 e. The van der Waals surface area contributed by atoms with Crippen LogP contribution < -0.4 is 11.1 Å². The Kier molecular flexibility index (Phi) is 5.61. The average molecular weight is 342 g/mol. The van der Waals surface area contributed by atoms with Gasteiger partial charge in [-0.1, -0.05) is 0 Å². The predicted molar refractivity (Wildman–Crippen MR) is 89.5 cm³/mol. The number of carbonyl (C=O) groups is 1. The summed E-state index contributed by atoms with van der Waals surface area (Å²) in [5, 5.41) is 5.55. The molecule has 1 aliphatic rings. The second-order valence-corrected chi connectivity index (χ2v) is 6.39. The summed E-state index contributed by atoms with van der Waals surface area (Å²) in [5.74, 6) is 1.44. The number of amides is 1. The standard InChI is InChI=1S/C15H19N3O2S.ClH/c1-9-2-7-13(20-9)15-18-12(8-21-15)14(19)17-11-5-3-10(16)4-6-11;/h2,7-8,10-11H,3-6,16H2,1H3,(H,17,19);1H. The van der Waals surface area contributed by atoms with E-state index in [1.54, 1.807) is 5.38 Å². The lowest BCUT2D eigenvalue weighted by molar-refractivity contribution is 0.0921. The van der Waals surface area contributed by atoms with Crippen LogP contribution in [0.5, 0.6) is 0 Å². The summed E-state index contributed by atoms with van der Waals surface area (Å²) in [6.45, 7) is 1.89. The van der Waals surface area contributed by atoms with Gasteiger partial charge in [-0.25, -0.2) is 4.98 Å². The van der Waals surface area contributed by atoms with Gasteiger partial charge in [-0.3, -0.25) is 4.79 Å². The largest absolute Gasteiger partial charge is 0.459 e. The number of rotatable bonds is 3. The maximum absolute atomic E-state index is 12.2. The molecule has 2 aromatic heterocycles. The van der Waals surface area contributed by atoms with Gasteiger partial charge >= 0.3 is 0 Å². The highest BCUT2D eigenvalue weighted by atomic mass is 35.5. The van der Waals surface area contributed by atoms with Crippen molar-refractivity contribution < 1.29 is 9.21 Å². The molecular weight excluding hydrogens is 322 g/mol. The number of hydrogen-bond acceptors (Lipinski definition) is 5. The summed E-state index contributed by atoms with van der Waals surface area (Å²) in [4.78, 5) is 16.6. The number of furan rings is 1. The summed E-state index contributed by atoms with van der Waals surface area (Å²) >= 11 is 1.42. The van der Waals surface area contributed by atoms with Gasteiger partial charge in [0.05, 0.1) is 0 Å². The number of nitrogens with zero attached hydrogens (tertiary/aromatic N) is 1. The molecule has 0 saturated heterocycles. The molecule has 0 spiro atoms. The minimum Gasteiger partial charge on any atom is -0.459 e. The van der Waals surface area contributed by atoms with E-state index in [1.165, 1.54) is 11.3 Å². The molecule has 1 amide bonds. The van der Waals surface area contributed by atoms with Crippen molar-refractivity contribution >= 4 is 29.7 Å². The monoisotopic (exact) mass is 341 g/mol. The molecule has 120 valence electrons. The van der Waals surface area contributed by atoms with Crippen molar-refractivity contribution in [1.29, 1.82) is 0 Å². The Bertz CT molecular complexity index is 632. The zero-order valence-corrected chi connectivity index (χ0v) is 14.0. The first-order valence-electron chi connectivity index (χ1n) is 7.20. The first-order valence-corrected chi connectivity index (χ1v) is 8.08. The van der Waals surface area contributed by atoms with Crippen LogP contribution in [0.4, 0.5) is 0 Å². The highest BCUT2D eigenvalue weighted by Gasteiger charge is 2.22. The molecule has 0 atom stereocenters. The summed E-state index contributed by atoms with van der Waals surface area (Å²) in [5.41, 5.74) is 6.33. The molecule has 0 aliphatic heterocycles. The molecule has 5 nitrogen and oxygen atoms in total. The van der Waals surface area contributed by atoms with Crippen molar-refractivity contribution in [3.05, 3.63) is 29.0 Å². The fourth-order valence-corrected chi connectivity index (χ4v) is 3.32. The molecule has 7 heteroatoms. The van der Waals surface area contributed by atoms with Crippen LogP contribution in [0.15, 0.2) is 21.9 Å². The van der Waals surface area contributed by atoms with E-state index in [4.69, 9.17) is 10.2 Å². The fraction of sp³-hybridized carbons (Fsp3) is 0.467. The molecule has 2 aromatic rings. The predicted octanol–water partition coefficient (Wildman–Crippen LogP) is 3.13. The number of aromatic nitrogens is 1. The van der Waals surface area contributed by atoms with Crippen LogP contribution in [-0.4, -0.2) is 23.0 Å². The van der Waals surface area contributed by atoms with E-state index in [2.05, 4.69) is 10.3 Å². The van der Waals surface area contributed by atoms with Gasteiger partial charge in [0, 0.05) is 17.5 Å². The Morgan fingerprint density at radius 1 is 1.36 bits per heavy atom. The lowest BCUT2D eigenvalue weighted by atomic mass is 9.92. The number of nitrogens with one attached hydrogen (secondary N) is 1. The van der Waals surface area contributed by atoms with Crippen molar-refractivity contribution in [1.82, 2.24) is 10.3 Å². The fourth-order valence-electron chi connectivity index (χ4n) is 2.56. The highest BCUT2D eigenvalue weighted by Crippen LogP contribution is 2.26. The Hall–Kier alpha value is -1.37. The minimum atomic E-state index is -0.110. The van der Waals surface area contributed by atoms with Crippen LogP contribution in [0.2, 0.25) is 0 Å². The lowest BCUT2D eigenvalue weighted by Gasteiger charge is -2.26. The summed E-state index contributed by atoms with van der Waals surface area (Å²) < 4.78 is 5.53. The Morgan fingerprint density at radius 3 is 2.73 bits per heavy atom. The number of nitrogens with two attached hydrogens (primary N) is 1. The van der Waals surface area contributed by atoms with Crippen molar-refractivity contribution in [3.8, 4) is 10.8 Å². The van der Waals surface area contributed by atoms with Gasteiger partial charge in [0.1, 0.15) is 11.5 Å². The maximum atomic E-state index is 12.2. The quantitative estimate of drug-likeness (QED) is 0.898. The molecule has 1 aliphatic carbocycles. The number of carbonyl (C=O) groups excluding carboxylic acids is 1. The second-order valence-electron chi connectivity index (χ2n) is 5.53. The molecule has 0 unspecified atom stereocenters. The molecule has 0 bridgehead atoms. The van der Waals surface area contributed by atoms with Crippen LogP contribution in [0.1, 0.15) is 41.9 Å². The number of aryl methyl sites for hydroxylation is 1. The van der Waals surface area contributed by atoms with Crippen LogP contribution >= 0.6 is 23.7 Å². The molecule has 1 saturated carbocycles. The zero-order chi connectivity index (χ0) is 14.8. The molecule has 1 fully saturated rings. The van der Waals surface area contributed by atoms with Gasteiger partial charge in [0.25, 0.3) is 5.91 Å². The Morgan fingerprint density at radius 2 is 2.09 bits per heavy atom. The van der Waals surface area contributed by atoms with Crippen molar-refractivity contribution in [2.24, 2.45) is 5.73 Å². The number of halogens is 1. The minimum absolute atomic E-state index is 0. The van der Waals surface area contributed by atoms with Crippen molar-refractivity contribution in [3.63, 3.8) is 0 Å². The SMILES string of the molecule is Cc1ccc(-c2nc(C(=O)NC3CCC(N)CC3)cs2)o1.Cl. The van der Waals surface area contributed by atoms with Gasteiger partial charge in [0.15, 0.2) is 10.8 Å². The summed E-state index contributed by atoms with van der Waals surface area (Å²) in [6.07, 6.45) is 3.83. The number of thiazole rings is 1. The molecule has 0 aromatic carbocycles. The van der Waals surface area contributed by atoms with Gasteiger partial charge in [-0.15, -0.1) is 23.7 Å². The van der Waals surface area contributed by atoms with E-state index in [0.717, 1.165) is 36.5 Å². The van der Waals surface area contributed by atoms with Crippen molar-refractivity contribution in [2.45, 2.75) is 44.7 Å². The molecule has 3 N–H and O–H groups in total. The normalized spacial score (nSPS) is 21.2. The first kappa shape index (κ1) is 17.0. The topological polar surface area (TPSA) is 81.2 Å². The zero-order valence-electron chi connectivity index (χ0n) is 12.4. The van der Waals surface area contributed by atoms with E-state index < -0.39 is 0 Å². The number of hydrogen-bond donors (Lipinski definition) is 2. The van der Waals surface area contributed by atoms with E-state index in [0.29, 0.717) is 11.5 Å². The van der Waals surface area contributed by atoms with Gasteiger partial charge in [-0.05, 0) is 44.7 Å². The third kappa shape index (κ3) is 3.88. The average Bonchev–Trinajstić information content (AvgIpc) is 3.10. The molecular formula is C15H20ClN3O2S. The summed E-state index contributed by atoms with van der Waals surface area (Å²) in [6, 6.07) is 4.26. The third-order valence-corrected chi connectivity index (χ3v) is 4.65. The highest BCUT2D eigenvalue weighted by molar-refractivity contribution is 7.13. The van der Waals surface area contributed by atoms with E-state index in [9.17, 15) is 4.79 Å². The van der Waals surface area contributed by atoms with Crippen molar-refractivity contribution in [2.75, 3.05) is 0 Å². The Balaban J connectivity index is 0.00000176. The molecule has 3 rings (SSSR count). The maximum Gasteiger partial charge on any atom is 0.270 e. The van der Waals surface area contributed by atoms with Crippen LogP contribution in [0.25, 0.3) is 10.8 Å². The second kappa shape index (κ2) is 7.26. The van der Waals surface area contributed by atoms with Gasteiger partial charge in [-0.2, -0.15) is 0 Å². The molecule has 22 heavy (non-hydrogen) atoms. The van der Waals surface area contributed by atoms with Gasteiger partial charge < -0.3 is 15.5 Å². The van der Waals surface area contributed by atoms with Crippen LogP contribution in [0.3, 0.4) is 0 Å². The third-order valence-electron chi connectivity index (χ3n) is 3.80. The molecule has 0 radical (unpaired) electrons. The molecule has 2 heterocycles. The lowest BCUT2D eigenvalue weighted by Crippen LogP contribution is -2.40. The van der Waals surface area contributed by atoms with Crippen LogP contribution in [-0.2, 0) is 0 Å². The van der Waals surface area contributed by atoms with Crippen LogP contribution in [0, 0.1) is 6.92 Å². The van der Waals surface area contributed by atoms with E-state index in [1.807, 2.05) is 19.1 Å². The van der Waals surface area contributed by atoms with E-state index in [-0.39, 0.29) is 30.4 Å². The Labute approximate surface area is 139 Å².